The Morgan fingerprint density at radius 2 is 2.17 bits per heavy atom. The van der Waals surface area contributed by atoms with Gasteiger partial charge >= 0.3 is 5.97 Å². The lowest BCUT2D eigenvalue weighted by molar-refractivity contribution is -0.384. The van der Waals surface area contributed by atoms with Gasteiger partial charge in [-0.05, 0) is 31.9 Å². The lowest BCUT2D eigenvalue weighted by atomic mass is 9.86. The van der Waals surface area contributed by atoms with Gasteiger partial charge in [0.2, 0.25) is 0 Å². The fourth-order valence-electron chi connectivity index (χ4n) is 2.96. The minimum atomic E-state index is -0.646. The molecule has 122 valence electrons. The third-order valence-electron chi connectivity index (χ3n) is 4.21. The van der Waals surface area contributed by atoms with Crippen molar-refractivity contribution in [3.05, 3.63) is 33.9 Å². The molecule has 0 radical (unpaired) electrons. The Labute approximate surface area is 134 Å². The summed E-state index contributed by atoms with van der Waals surface area (Å²) in [7, 11) is 0. The molecule has 0 aromatic heterocycles. The first kappa shape index (κ1) is 16.7. The van der Waals surface area contributed by atoms with Crippen molar-refractivity contribution in [1.29, 1.82) is 5.26 Å². The summed E-state index contributed by atoms with van der Waals surface area (Å²) >= 11 is 0. The summed E-state index contributed by atoms with van der Waals surface area (Å²) in [5.74, 6) is -0.260. The third kappa shape index (κ3) is 3.59. The van der Waals surface area contributed by atoms with Crippen LogP contribution in [0.2, 0.25) is 0 Å². The largest absolute Gasteiger partial charge is 0.466 e. The molecule has 1 aromatic carbocycles. The molecule has 0 atom stereocenters. The van der Waals surface area contributed by atoms with Crippen LogP contribution in [0.15, 0.2) is 18.2 Å². The highest BCUT2D eigenvalue weighted by molar-refractivity contribution is 5.78. The monoisotopic (exact) mass is 317 g/mol. The number of nitriles is 1. The molecule has 0 unspecified atom stereocenters. The summed E-state index contributed by atoms with van der Waals surface area (Å²) in [6, 6.07) is 6.10. The predicted molar refractivity (Wildman–Crippen MR) is 83.8 cm³/mol. The number of ether oxygens (including phenoxy) is 1. The van der Waals surface area contributed by atoms with Gasteiger partial charge in [-0.1, -0.05) is 12.8 Å². The maximum absolute atomic E-state index is 12.3. The second kappa shape index (κ2) is 7.09. The van der Waals surface area contributed by atoms with Crippen molar-refractivity contribution < 1.29 is 14.5 Å². The Morgan fingerprint density at radius 3 is 2.74 bits per heavy atom. The lowest BCUT2D eigenvalue weighted by Gasteiger charge is -2.27. The van der Waals surface area contributed by atoms with Crippen molar-refractivity contribution in [2.75, 3.05) is 18.5 Å². The first-order valence-electron chi connectivity index (χ1n) is 7.62. The summed E-state index contributed by atoms with van der Waals surface area (Å²) in [5.41, 5.74) is -0.174. The number of carbonyl (C=O) groups is 1. The van der Waals surface area contributed by atoms with E-state index in [2.05, 4.69) is 5.32 Å². The third-order valence-corrected chi connectivity index (χ3v) is 4.21. The van der Waals surface area contributed by atoms with Gasteiger partial charge in [0.05, 0.1) is 28.6 Å². The van der Waals surface area contributed by atoms with Crippen LogP contribution in [0.4, 0.5) is 11.4 Å². The van der Waals surface area contributed by atoms with E-state index in [4.69, 9.17) is 10.00 Å². The maximum Gasteiger partial charge on any atom is 0.313 e. The van der Waals surface area contributed by atoms with E-state index >= 15 is 0 Å². The Hall–Kier alpha value is -2.62. The molecule has 1 aliphatic carbocycles. The molecule has 0 bridgehead atoms. The van der Waals surface area contributed by atoms with Crippen molar-refractivity contribution in [2.24, 2.45) is 5.41 Å². The fraction of sp³-hybridized carbons (Fsp3) is 0.500. The molecule has 1 N–H and O–H groups in total. The lowest BCUT2D eigenvalue weighted by Crippen LogP contribution is -2.37. The number of carbonyl (C=O) groups excluding carboxylic acids is 1. The van der Waals surface area contributed by atoms with E-state index in [-0.39, 0.29) is 23.9 Å². The fourth-order valence-corrected chi connectivity index (χ4v) is 2.96. The van der Waals surface area contributed by atoms with Crippen LogP contribution in [0.1, 0.15) is 38.2 Å². The highest BCUT2D eigenvalue weighted by Crippen LogP contribution is 2.40. The van der Waals surface area contributed by atoms with Gasteiger partial charge in [-0.25, -0.2) is 0 Å². The summed E-state index contributed by atoms with van der Waals surface area (Å²) in [5, 5.41) is 23.1. The molecule has 0 heterocycles. The Bertz CT molecular complexity index is 645. The second-order valence-electron chi connectivity index (χ2n) is 5.66. The smallest absolute Gasteiger partial charge is 0.313 e. The van der Waals surface area contributed by atoms with E-state index in [1.165, 1.54) is 18.2 Å². The molecule has 0 aliphatic heterocycles. The molecule has 1 saturated carbocycles. The molecular formula is C16H19N3O4. The number of rotatable bonds is 6. The zero-order valence-electron chi connectivity index (χ0n) is 13.0. The quantitative estimate of drug-likeness (QED) is 0.491. The van der Waals surface area contributed by atoms with Gasteiger partial charge in [-0.15, -0.1) is 0 Å². The number of nitrogens with one attached hydrogen (secondary N) is 1. The number of hydrogen-bond acceptors (Lipinski definition) is 6. The second-order valence-corrected chi connectivity index (χ2v) is 5.66. The summed E-state index contributed by atoms with van der Waals surface area (Å²) < 4.78 is 5.18. The van der Waals surface area contributed by atoms with Crippen LogP contribution in [0, 0.1) is 26.9 Å². The summed E-state index contributed by atoms with van der Waals surface area (Å²) in [6.07, 6.45) is 3.26. The molecule has 0 saturated heterocycles. The molecule has 2 rings (SSSR count). The van der Waals surface area contributed by atoms with Gasteiger partial charge in [0.25, 0.3) is 5.69 Å². The van der Waals surface area contributed by atoms with Gasteiger partial charge in [0.1, 0.15) is 5.69 Å². The van der Waals surface area contributed by atoms with Crippen molar-refractivity contribution in [1.82, 2.24) is 0 Å². The van der Waals surface area contributed by atoms with Gasteiger partial charge in [-0.3, -0.25) is 14.9 Å². The summed E-state index contributed by atoms with van der Waals surface area (Å²) in [6.45, 7) is 2.33. The van der Waals surface area contributed by atoms with Crippen LogP contribution < -0.4 is 5.32 Å². The van der Waals surface area contributed by atoms with Gasteiger partial charge < -0.3 is 10.1 Å². The zero-order valence-corrected chi connectivity index (χ0v) is 13.0. The normalized spacial score (nSPS) is 15.7. The molecule has 1 aliphatic rings. The Morgan fingerprint density at radius 1 is 1.48 bits per heavy atom. The Balaban J connectivity index is 2.22. The van der Waals surface area contributed by atoms with Crippen molar-refractivity contribution >= 4 is 17.3 Å². The molecule has 0 amide bonds. The molecule has 7 nitrogen and oxygen atoms in total. The first-order valence-corrected chi connectivity index (χ1v) is 7.62. The minimum Gasteiger partial charge on any atom is -0.466 e. The maximum atomic E-state index is 12.3. The summed E-state index contributed by atoms with van der Waals surface area (Å²) in [4.78, 5) is 22.9. The highest BCUT2D eigenvalue weighted by atomic mass is 16.6. The van der Waals surface area contributed by atoms with Crippen LogP contribution in [-0.2, 0) is 9.53 Å². The molecule has 0 spiro atoms. The van der Waals surface area contributed by atoms with E-state index in [1.54, 1.807) is 6.92 Å². The van der Waals surface area contributed by atoms with Crippen molar-refractivity contribution in [3.63, 3.8) is 0 Å². The number of anilines is 1. The van der Waals surface area contributed by atoms with Crippen LogP contribution >= 0.6 is 0 Å². The van der Waals surface area contributed by atoms with E-state index in [0.717, 1.165) is 12.8 Å². The zero-order chi connectivity index (χ0) is 16.9. The molecule has 7 heteroatoms. The molecule has 1 fully saturated rings. The SMILES string of the molecule is CCOC(=O)C1(CNc2cc(C#N)ccc2[N+](=O)[O-])CCCC1. The number of nitrogens with zero attached hydrogens (tertiary/aromatic N) is 2. The number of hydrogen-bond donors (Lipinski definition) is 1. The van der Waals surface area contributed by atoms with Crippen LogP contribution in [0.3, 0.4) is 0 Å². The van der Waals surface area contributed by atoms with Crippen molar-refractivity contribution in [2.45, 2.75) is 32.6 Å². The van der Waals surface area contributed by atoms with E-state index in [0.29, 0.717) is 25.0 Å². The van der Waals surface area contributed by atoms with Crippen LogP contribution in [-0.4, -0.2) is 24.0 Å². The predicted octanol–water partition coefficient (Wildman–Crippen LogP) is 3.00. The van der Waals surface area contributed by atoms with Crippen LogP contribution in [0.5, 0.6) is 0 Å². The van der Waals surface area contributed by atoms with E-state index < -0.39 is 10.3 Å². The molecular weight excluding hydrogens is 298 g/mol. The minimum absolute atomic E-state index is 0.110. The topological polar surface area (TPSA) is 105 Å². The molecule has 23 heavy (non-hydrogen) atoms. The van der Waals surface area contributed by atoms with Gasteiger partial charge in [0.15, 0.2) is 0 Å². The van der Waals surface area contributed by atoms with Gasteiger partial charge in [-0.2, -0.15) is 5.26 Å². The highest BCUT2D eigenvalue weighted by Gasteiger charge is 2.42. The van der Waals surface area contributed by atoms with E-state index in [1.807, 2.05) is 6.07 Å². The first-order chi connectivity index (χ1) is 11.0. The number of benzene rings is 1. The average molecular weight is 317 g/mol. The number of esters is 1. The van der Waals surface area contributed by atoms with Crippen molar-refractivity contribution in [3.8, 4) is 6.07 Å². The van der Waals surface area contributed by atoms with Crippen LogP contribution in [0.25, 0.3) is 0 Å². The number of nitro groups is 1. The molecule has 1 aromatic rings. The number of nitro benzene ring substituents is 1. The average Bonchev–Trinajstić information content (AvgIpc) is 3.03. The Kier molecular flexibility index (Phi) is 5.16. The van der Waals surface area contributed by atoms with Gasteiger partial charge in [0, 0.05) is 12.6 Å². The van der Waals surface area contributed by atoms with E-state index in [9.17, 15) is 14.9 Å². The standard InChI is InChI=1S/C16H19N3O4/c1-2-23-15(20)16(7-3-4-8-16)11-18-13-9-12(10-17)5-6-14(13)19(21)22/h5-6,9,18H,2-4,7-8,11H2,1H3.